The molecule has 1 atom stereocenters. The van der Waals surface area contributed by atoms with Gasteiger partial charge in [0.05, 0.1) is 11.2 Å². The summed E-state index contributed by atoms with van der Waals surface area (Å²) in [5.41, 5.74) is -1.97. The lowest BCUT2D eigenvalue weighted by molar-refractivity contribution is -0.139. The van der Waals surface area contributed by atoms with Gasteiger partial charge in [0.15, 0.2) is 0 Å². The van der Waals surface area contributed by atoms with Gasteiger partial charge in [-0.25, -0.2) is 4.68 Å². The van der Waals surface area contributed by atoms with Crippen molar-refractivity contribution in [3.05, 3.63) is 41.7 Å². The fraction of sp³-hybridized carbons (Fsp3) is 0.500. The van der Waals surface area contributed by atoms with Crippen molar-refractivity contribution in [2.75, 3.05) is 13.1 Å². The van der Waals surface area contributed by atoms with Crippen LogP contribution < -0.4 is 0 Å². The standard InChI is InChI=1S/C16H18F3N5O2/c1-11(24-10-20-21-22-24)14(25)23-7-5-15(26,6-8-23)12-3-2-4-13(9-12)16(17,18)19/h2-4,9-11,26H,5-8H2,1H3/t11-/m0/s1. The van der Waals surface area contributed by atoms with Gasteiger partial charge in [0.2, 0.25) is 5.91 Å². The average molecular weight is 369 g/mol. The number of carbonyl (C=O) groups excluding carboxylic acids is 1. The second kappa shape index (κ2) is 6.67. The number of nitrogens with zero attached hydrogens (tertiary/aromatic N) is 5. The minimum absolute atomic E-state index is 0.155. The Hall–Kier alpha value is -2.49. The van der Waals surface area contributed by atoms with Gasteiger partial charge in [-0.1, -0.05) is 12.1 Å². The van der Waals surface area contributed by atoms with Gasteiger partial charge in [-0.15, -0.1) is 5.10 Å². The first kappa shape index (κ1) is 18.3. The molecule has 1 saturated heterocycles. The number of halogens is 3. The number of piperidine rings is 1. The van der Waals surface area contributed by atoms with Crippen LogP contribution >= 0.6 is 0 Å². The van der Waals surface area contributed by atoms with Gasteiger partial charge in [0.25, 0.3) is 0 Å². The summed E-state index contributed by atoms with van der Waals surface area (Å²) < 4.78 is 40.0. The van der Waals surface area contributed by atoms with E-state index in [1.165, 1.54) is 23.1 Å². The lowest BCUT2D eigenvalue weighted by Gasteiger charge is -2.39. The number of hydrogen-bond donors (Lipinski definition) is 1. The minimum Gasteiger partial charge on any atom is -0.385 e. The third-order valence-electron chi connectivity index (χ3n) is 4.75. The third kappa shape index (κ3) is 3.55. The molecule has 140 valence electrons. The lowest BCUT2D eigenvalue weighted by atomic mass is 9.83. The minimum atomic E-state index is -4.47. The number of alkyl halides is 3. The molecule has 0 radical (unpaired) electrons. The molecule has 7 nitrogen and oxygen atoms in total. The Morgan fingerprint density at radius 3 is 2.58 bits per heavy atom. The van der Waals surface area contributed by atoms with E-state index in [0.717, 1.165) is 12.1 Å². The quantitative estimate of drug-likeness (QED) is 0.891. The van der Waals surface area contributed by atoms with Crippen LogP contribution in [0.4, 0.5) is 13.2 Å². The van der Waals surface area contributed by atoms with Crippen LogP contribution in [0.2, 0.25) is 0 Å². The number of benzene rings is 1. The maximum Gasteiger partial charge on any atom is 0.416 e. The summed E-state index contributed by atoms with van der Waals surface area (Å²) >= 11 is 0. The summed E-state index contributed by atoms with van der Waals surface area (Å²) in [5, 5.41) is 21.5. The van der Waals surface area contributed by atoms with E-state index in [0.29, 0.717) is 0 Å². The fourth-order valence-electron chi connectivity index (χ4n) is 3.09. The molecule has 2 aromatic rings. The molecule has 3 rings (SSSR count). The van der Waals surface area contributed by atoms with Crippen LogP contribution in [0.15, 0.2) is 30.6 Å². The maximum atomic E-state index is 12.9. The van der Waals surface area contributed by atoms with Crippen molar-refractivity contribution < 1.29 is 23.1 Å². The van der Waals surface area contributed by atoms with E-state index >= 15 is 0 Å². The number of aromatic nitrogens is 4. The zero-order valence-electron chi connectivity index (χ0n) is 14.0. The van der Waals surface area contributed by atoms with Crippen molar-refractivity contribution in [3.63, 3.8) is 0 Å². The second-order valence-corrected chi connectivity index (χ2v) is 6.40. The molecule has 0 spiro atoms. The molecule has 1 aromatic heterocycles. The Morgan fingerprint density at radius 1 is 1.31 bits per heavy atom. The smallest absolute Gasteiger partial charge is 0.385 e. The van der Waals surface area contributed by atoms with Gasteiger partial charge >= 0.3 is 6.18 Å². The van der Waals surface area contributed by atoms with Gasteiger partial charge in [-0.05, 0) is 47.9 Å². The number of carbonyl (C=O) groups is 1. The third-order valence-corrected chi connectivity index (χ3v) is 4.75. The van der Waals surface area contributed by atoms with Crippen LogP contribution in [-0.4, -0.2) is 49.2 Å². The summed E-state index contributed by atoms with van der Waals surface area (Å²) in [5.74, 6) is -0.205. The fourth-order valence-corrected chi connectivity index (χ4v) is 3.09. The molecule has 1 aliphatic heterocycles. The van der Waals surface area contributed by atoms with Crippen molar-refractivity contribution in [3.8, 4) is 0 Å². The van der Waals surface area contributed by atoms with Crippen LogP contribution in [0.3, 0.4) is 0 Å². The van der Waals surface area contributed by atoms with Crippen molar-refractivity contribution in [1.82, 2.24) is 25.1 Å². The predicted octanol–water partition coefficient (Wildman–Crippen LogP) is 1.76. The van der Waals surface area contributed by atoms with Gasteiger partial charge in [-0.3, -0.25) is 4.79 Å². The Bertz CT molecular complexity index is 770. The number of hydrogen-bond acceptors (Lipinski definition) is 5. The molecule has 0 bridgehead atoms. The van der Waals surface area contributed by atoms with Crippen molar-refractivity contribution in [2.45, 2.75) is 37.6 Å². The summed E-state index contributed by atoms with van der Waals surface area (Å²) in [4.78, 5) is 14.1. The van der Waals surface area contributed by atoms with Crippen LogP contribution in [0, 0.1) is 0 Å². The topological polar surface area (TPSA) is 84.1 Å². The number of likely N-dealkylation sites (tertiary alicyclic amines) is 1. The zero-order chi connectivity index (χ0) is 18.9. The molecule has 10 heteroatoms. The SMILES string of the molecule is C[C@@H](C(=O)N1CCC(O)(c2cccc(C(F)(F)F)c2)CC1)n1cnnn1. The van der Waals surface area contributed by atoms with Gasteiger partial charge in [0.1, 0.15) is 12.4 Å². The number of tetrazole rings is 1. The molecule has 0 unspecified atom stereocenters. The normalized spacial score (nSPS) is 18.6. The van der Waals surface area contributed by atoms with E-state index < -0.39 is 23.4 Å². The second-order valence-electron chi connectivity index (χ2n) is 6.40. The number of amides is 1. The first-order valence-corrected chi connectivity index (χ1v) is 8.12. The van der Waals surface area contributed by atoms with E-state index in [4.69, 9.17) is 0 Å². The van der Waals surface area contributed by atoms with E-state index in [1.807, 2.05) is 0 Å². The Balaban J connectivity index is 1.70. The largest absolute Gasteiger partial charge is 0.416 e. The average Bonchev–Trinajstić information content (AvgIpc) is 3.15. The van der Waals surface area contributed by atoms with Crippen LogP contribution in [0.1, 0.15) is 36.9 Å². The molecule has 1 N–H and O–H groups in total. The lowest BCUT2D eigenvalue weighted by Crippen LogP contribution is -2.47. The first-order valence-electron chi connectivity index (χ1n) is 8.12. The molecule has 1 fully saturated rings. The highest BCUT2D eigenvalue weighted by molar-refractivity contribution is 5.80. The van der Waals surface area contributed by atoms with Gasteiger partial charge in [0, 0.05) is 13.1 Å². The van der Waals surface area contributed by atoms with Gasteiger partial charge < -0.3 is 10.0 Å². The molecule has 0 saturated carbocycles. The molecular weight excluding hydrogens is 351 g/mol. The van der Waals surface area contributed by atoms with Gasteiger partial charge in [-0.2, -0.15) is 13.2 Å². The Labute approximate surface area is 147 Å². The van der Waals surface area contributed by atoms with E-state index in [1.54, 1.807) is 11.8 Å². The highest BCUT2D eigenvalue weighted by Gasteiger charge is 2.38. The zero-order valence-corrected chi connectivity index (χ0v) is 14.0. The summed E-state index contributed by atoms with van der Waals surface area (Å²) in [6.45, 7) is 2.13. The first-order chi connectivity index (χ1) is 12.2. The highest BCUT2D eigenvalue weighted by atomic mass is 19.4. The Kier molecular flexibility index (Phi) is 4.70. The molecule has 1 amide bonds. The van der Waals surface area contributed by atoms with Crippen molar-refractivity contribution in [2.24, 2.45) is 0 Å². The van der Waals surface area contributed by atoms with Crippen LogP contribution in [0.25, 0.3) is 0 Å². The predicted molar refractivity (Wildman–Crippen MR) is 83.7 cm³/mol. The van der Waals surface area contributed by atoms with Crippen molar-refractivity contribution in [1.29, 1.82) is 0 Å². The maximum absolute atomic E-state index is 12.9. The molecule has 1 aliphatic rings. The summed E-state index contributed by atoms with van der Waals surface area (Å²) in [6, 6.07) is 4.12. The van der Waals surface area contributed by atoms with E-state index in [-0.39, 0.29) is 37.4 Å². The van der Waals surface area contributed by atoms with E-state index in [2.05, 4.69) is 15.5 Å². The summed E-state index contributed by atoms with van der Waals surface area (Å²) in [6.07, 6.45) is -2.82. The van der Waals surface area contributed by atoms with Crippen molar-refractivity contribution >= 4 is 5.91 Å². The molecule has 2 heterocycles. The summed E-state index contributed by atoms with van der Waals surface area (Å²) in [7, 11) is 0. The molecule has 0 aliphatic carbocycles. The number of rotatable bonds is 3. The highest BCUT2D eigenvalue weighted by Crippen LogP contribution is 2.37. The molecule has 1 aromatic carbocycles. The van der Waals surface area contributed by atoms with Crippen LogP contribution in [-0.2, 0) is 16.6 Å². The van der Waals surface area contributed by atoms with E-state index in [9.17, 15) is 23.1 Å². The molecule has 26 heavy (non-hydrogen) atoms. The number of aliphatic hydroxyl groups is 1. The monoisotopic (exact) mass is 369 g/mol. The van der Waals surface area contributed by atoms with Crippen LogP contribution in [0.5, 0.6) is 0 Å². The molecular formula is C16H18F3N5O2. The Morgan fingerprint density at radius 2 is 2.00 bits per heavy atom.